The monoisotopic (exact) mass is 694 g/mol. The van der Waals surface area contributed by atoms with E-state index in [9.17, 15) is 9.13 Å². The molecule has 3 aliphatic rings. The molecule has 0 amide bonds. The summed E-state index contributed by atoms with van der Waals surface area (Å²) in [5.41, 5.74) is 12.3. The molecule has 4 N–H and O–H groups in total. The largest absolute Gasteiger partial charge is 0.386 e. The lowest BCUT2D eigenvalue weighted by Gasteiger charge is -2.28. The summed E-state index contributed by atoms with van der Waals surface area (Å²) in [6, 6.07) is 0. The van der Waals surface area contributed by atoms with Crippen molar-refractivity contribution >= 4 is 72.1 Å². The van der Waals surface area contributed by atoms with Crippen LogP contribution < -0.4 is 11.5 Å². The molecule has 0 aliphatic carbocycles. The molecule has 1 unspecified atom stereocenters. The summed E-state index contributed by atoms with van der Waals surface area (Å²) in [6.45, 7) is -10.1. The van der Waals surface area contributed by atoms with Gasteiger partial charge in [0.25, 0.3) is 0 Å². The molecular weight excluding hydrogens is 672 g/mol. The topological polar surface area (TPSA) is 229 Å². The SMILES string of the molecule is Nc1ncnc2c1ncn2[C@@H]1O[C@@H]2CO[P@@](=O)(S)O[C@H]3[C@H](F)[C@H](n4cnc5c(N)ncnc54)O[C@@H]3COP(=O)(S)O[C@H]2[C@@H]1F. The van der Waals surface area contributed by atoms with Crippen LogP contribution in [0.4, 0.5) is 20.4 Å². The Morgan fingerprint density at radius 1 is 0.727 bits per heavy atom. The van der Waals surface area contributed by atoms with E-state index < -0.39 is 76.0 Å². The number of nitrogens with zero attached hydrogens (tertiary/aromatic N) is 8. The molecule has 44 heavy (non-hydrogen) atoms. The van der Waals surface area contributed by atoms with Crippen LogP contribution in [0.3, 0.4) is 0 Å². The number of aromatic nitrogens is 8. The average molecular weight is 695 g/mol. The van der Waals surface area contributed by atoms with Crippen molar-refractivity contribution in [2.45, 2.75) is 49.2 Å². The van der Waals surface area contributed by atoms with E-state index in [1.165, 1.54) is 21.8 Å². The summed E-state index contributed by atoms with van der Waals surface area (Å²) >= 11 is 7.99. The quantitative estimate of drug-likeness (QED) is 0.174. The summed E-state index contributed by atoms with van der Waals surface area (Å²) in [5, 5.41) is 0. The molecule has 4 aromatic rings. The number of hydrogen-bond acceptors (Lipinski definition) is 16. The molecular formula is C20H22F2N10O8P2S2. The molecule has 4 aromatic heterocycles. The predicted molar refractivity (Wildman–Crippen MR) is 152 cm³/mol. The van der Waals surface area contributed by atoms with Gasteiger partial charge in [-0.1, -0.05) is 24.5 Å². The van der Waals surface area contributed by atoms with E-state index in [-0.39, 0.29) is 34.0 Å². The number of rotatable bonds is 2. The van der Waals surface area contributed by atoms with E-state index in [2.05, 4.69) is 54.4 Å². The number of fused-ring (bicyclic) bond motifs is 4. The highest BCUT2D eigenvalue weighted by molar-refractivity contribution is 8.44. The Hall–Kier alpha value is -2.52. The summed E-state index contributed by atoms with van der Waals surface area (Å²) in [7, 11) is 0. The molecule has 0 bridgehead atoms. The Bertz CT molecular complexity index is 1710. The first-order valence-corrected chi connectivity index (χ1v) is 18.1. The van der Waals surface area contributed by atoms with E-state index in [0.29, 0.717) is 0 Å². The van der Waals surface area contributed by atoms with Gasteiger partial charge >= 0.3 is 13.6 Å². The third-order valence-electron chi connectivity index (χ3n) is 7.17. The molecule has 7 heterocycles. The number of hydrogen-bond donors (Lipinski definition) is 4. The Morgan fingerprint density at radius 3 is 1.55 bits per heavy atom. The van der Waals surface area contributed by atoms with Crippen LogP contribution in [0.25, 0.3) is 22.3 Å². The minimum Gasteiger partial charge on any atom is -0.382 e. The van der Waals surface area contributed by atoms with Gasteiger partial charge in [-0.25, -0.2) is 47.8 Å². The van der Waals surface area contributed by atoms with Gasteiger partial charge in [0, 0.05) is 0 Å². The maximum Gasteiger partial charge on any atom is 0.386 e. The van der Waals surface area contributed by atoms with Crippen LogP contribution in [0.15, 0.2) is 25.3 Å². The fourth-order valence-corrected chi connectivity index (χ4v) is 8.14. The molecule has 10 atom stereocenters. The first-order valence-electron chi connectivity index (χ1n) is 12.7. The van der Waals surface area contributed by atoms with Crippen molar-refractivity contribution in [2.75, 3.05) is 24.7 Å². The molecule has 0 spiro atoms. The highest BCUT2D eigenvalue weighted by Crippen LogP contribution is 2.60. The van der Waals surface area contributed by atoms with E-state index in [1.807, 2.05) is 0 Å². The van der Waals surface area contributed by atoms with Gasteiger partial charge in [-0.05, 0) is 0 Å². The highest BCUT2D eigenvalue weighted by Gasteiger charge is 2.54. The maximum absolute atomic E-state index is 16.0. The van der Waals surface area contributed by atoms with Crippen molar-refractivity contribution in [3.05, 3.63) is 25.3 Å². The van der Waals surface area contributed by atoms with E-state index in [4.69, 9.17) is 39.0 Å². The fraction of sp³-hybridized carbons (Fsp3) is 0.500. The Morgan fingerprint density at radius 2 is 1.14 bits per heavy atom. The lowest BCUT2D eigenvalue weighted by molar-refractivity contribution is -0.0544. The smallest absolute Gasteiger partial charge is 0.382 e. The zero-order chi connectivity index (χ0) is 31.0. The molecule has 0 aromatic carbocycles. The van der Waals surface area contributed by atoms with Crippen molar-refractivity contribution in [3.8, 4) is 0 Å². The number of imidazole rings is 2. The zero-order valence-electron chi connectivity index (χ0n) is 21.9. The van der Waals surface area contributed by atoms with Crippen LogP contribution in [-0.4, -0.2) is 89.0 Å². The van der Waals surface area contributed by atoms with Gasteiger partial charge < -0.3 is 20.9 Å². The second-order valence-electron chi connectivity index (χ2n) is 9.85. The van der Waals surface area contributed by atoms with Crippen LogP contribution in [0.2, 0.25) is 0 Å². The number of anilines is 2. The molecule has 3 saturated heterocycles. The highest BCUT2D eigenvalue weighted by atomic mass is 32.7. The van der Waals surface area contributed by atoms with E-state index >= 15 is 8.78 Å². The summed E-state index contributed by atoms with van der Waals surface area (Å²) in [6.07, 6.45) is -8.12. The van der Waals surface area contributed by atoms with Crippen LogP contribution in [0.5, 0.6) is 0 Å². The van der Waals surface area contributed by atoms with Crippen LogP contribution in [0, 0.1) is 0 Å². The second-order valence-corrected chi connectivity index (χ2v) is 15.6. The lowest BCUT2D eigenvalue weighted by atomic mass is 10.1. The molecule has 3 fully saturated rings. The molecule has 0 saturated carbocycles. The molecule has 0 radical (unpaired) electrons. The van der Waals surface area contributed by atoms with Gasteiger partial charge in [0.05, 0.1) is 25.9 Å². The number of nitrogen functional groups attached to an aromatic ring is 2. The number of ether oxygens (including phenoxy) is 2. The average Bonchev–Trinajstić information content (AvgIpc) is 3.73. The first kappa shape index (κ1) is 30.2. The van der Waals surface area contributed by atoms with Crippen LogP contribution >= 0.6 is 38.1 Å². The van der Waals surface area contributed by atoms with Crippen molar-refractivity contribution < 1.29 is 45.5 Å². The fourth-order valence-electron chi connectivity index (χ4n) is 5.17. The molecule has 7 rings (SSSR count). The minimum atomic E-state index is -4.39. The van der Waals surface area contributed by atoms with Gasteiger partial charge in [0.15, 0.2) is 47.7 Å². The van der Waals surface area contributed by atoms with Crippen molar-refractivity contribution in [3.63, 3.8) is 0 Å². The maximum atomic E-state index is 16.0. The number of alkyl halides is 2. The van der Waals surface area contributed by atoms with Crippen LogP contribution in [-0.2, 0) is 36.7 Å². The normalized spacial score (nSPS) is 38.3. The number of thiol groups is 2. The standard InChI is InChI=1S/C20H22F2N10O8P2S2/c21-9-13-7(37-19(9)31-5-29-11-15(23)25-3-27-17(11)31)1-35-41(33,43)40-14-8(2-36-42(34,44)39-13)38-20(10(14)22)32-6-30-12-16(24)26-4-28-18(12)32/h3-10,13-14,19-20H,1-2H2,(H,33,43)(H,34,44)(H2,23,25,27)(H2,24,26,28)/t7-,8-,9+,10+,13-,14-,19-,20-,41-,42?/m1/s1. The van der Waals surface area contributed by atoms with Gasteiger partial charge in [-0.3, -0.25) is 27.2 Å². The van der Waals surface area contributed by atoms with Gasteiger partial charge in [0.2, 0.25) is 0 Å². The third kappa shape index (κ3) is 5.25. The lowest BCUT2D eigenvalue weighted by Crippen LogP contribution is -2.36. The summed E-state index contributed by atoms with van der Waals surface area (Å²) < 4.78 is 94.5. The molecule has 236 valence electrons. The zero-order valence-corrected chi connectivity index (χ0v) is 25.5. The molecule has 3 aliphatic heterocycles. The van der Waals surface area contributed by atoms with E-state index in [0.717, 1.165) is 12.7 Å². The number of nitrogens with two attached hydrogens (primary N) is 2. The summed E-state index contributed by atoms with van der Waals surface area (Å²) in [5.74, 6) is 0.101. The molecule has 24 heteroatoms. The predicted octanol–water partition coefficient (Wildman–Crippen LogP) is 2.19. The second kappa shape index (κ2) is 11.1. The van der Waals surface area contributed by atoms with Crippen molar-refractivity contribution in [2.24, 2.45) is 0 Å². The van der Waals surface area contributed by atoms with Crippen molar-refractivity contribution in [1.29, 1.82) is 0 Å². The van der Waals surface area contributed by atoms with E-state index in [1.54, 1.807) is 0 Å². The van der Waals surface area contributed by atoms with Gasteiger partial charge in [-0.15, -0.1) is 0 Å². The van der Waals surface area contributed by atoms with Gasteiger partial charge in [-0.2, -0.15) is 0 Å². The third-order valence-corrected chi connectivity index (χ3v) is 10.4. The van der Waals surface area contributed by atoms with Crippen LogP contribution in [0.1, 0.15) is 12.5 Å². The Balaban J connectivity index is 1.17. The number of halogens is 2. The molecule has 18 nitrogen and oxygen atoms in total. The Labute approximate surface area is 255 Å². The Kier molecular flexibility index (Phi) is 7.59. The minimum absolute atomic E-state index is 0.0504. The van der Waals surface area contributed by atoms with Gasteiger partial charge in [0.1, 0.15) is 48.1 Å². The van der Waals surface area contributed by atoms with Crippen molar-refractivity contribution in [1.82, 2.24) is 39.0 Å². The summed E-state index contributed by atoms with van der Waals surface area (Å²) in [4.78, 5) is 24.0. The first-order chi connectivity index (χ1) is 20.9.